The highest BCUT2D eigenvalue weighted by atomic mass is 32.2. The van der Waals surface area contributed by atoms with Crippen LogP contribution in [-0.2, 0) is 9.84 Å². The molecule has 0 saturated carbocycles. The van der Waals surface area contributed by atoms with E-state index in [0.717, 1.165) is 0 Å². The van der Waals surface area contributed by atoms with Crippen molar-refractivity contribution in [2.45, 2.75) is 11.8 Å². The summed E-state index contributed by atoms with van der Waals surface area (Å²) in [6.07, 6.45) is 1.21. The van der Waals surface area contributed by atoms with Crippen LogP contribution in [0.1, 0.15) is 17.5 Å². The van der Waals surface area contributed by atoms with Crippen molar-refractivity contribution < 1.29 is 17.9 Å². The van der Waals surface area contributed by atoms with Gasteiger partial charge in [0.15, 0.2) is 21.1 Å². The van der Waals surface area contributed by atoms with E-state index in [1.807, 2.05) is 0 Å². The van der Waals surface area contributed by atoms with E-state index in [9.17, 15) is 18.3 Å². The zero-order valence-corrected chi connectivity index (χ0v) is 14.2. The number of hydrogen-bond acceptors (Lipinski definition) is 7. The monoisotopic (exact) mass is 363 g/mol. The second kappa shape index (κ2) is 6.21. The van der Waals surface area contributed by atoms with Crippen LogP contribution in [0.25, 0.3) is 22.9 Å². The molecule has 3 rings (SSSR count). The first-order chi connectivity index (χ1) is 11.4. The molecule has 0 aliphatic rings. The van der Waals surface area contributed by atoms with Crippen LogP contribution in [-0.4, -0.2) is 24.3 Å². The van der Waals surface area contributed by atoms with E-state index in [2.05, 4.69) is 4.98 Å². The highest BCUT2D eigenvalue weighted by Gasteiger charge is 2.14. The highest BCUT2D eigenvalue weighted by molar-refractivity contribution is 7.91. The molecule has 8 heteroatoms. The number of aliphatic hydroxyl groups excluding tert-OH is 1. The molecule has 2 heterocycles. The SMILES string of the molecule is CCS(=O)(=O)c1ccc2oc(=O)c(/C=C(\O)c3cccs3)nc2c1. The lowest BCUT2D eigenvalue weighted by Crippen LogP contribution is -2.08. The third kappa shape index (κ3) is 3.10. The maximum absolute atomic E-state index is 12.0. The molecule has 0 bridgehead atoms. The van der Waals surface area contributed by atoms with E-state index in [-0.39, 0.29) is 33.2 Å². The van der Waals surface area contributed by atoms with Crippen LogP contribution in [0.4, 0.5) is 0 Å². The lowest BCUT2D eigenvalue weighted by Gasteiger charge is -2.03. The fourth-order valence-corrected chi connectivity index (χ4v) is 3.62. The van der Waals surface area contributed by atoms with Gasteiger partial charge in [-0.2, -0.15) is 0 Å². The summed E-state index contributed by atoms with van der Waals surface area (Å²) in [5.74, 6) is -0.150. The minimum Gasteiger partial charge on any atom is -0.506 e. The Morgan fingerprint density at radius 2 is 2.17 bits per heavy atom. The zero-order valence-electron chi connectivity index (χ0n) is 12.6. The highest BCUT2D eigenvalue weighted by Crippen LogP contribution is 2.21. The molecule has 1 N–H and O–H groups in total. The molecule has 0 unspecified atom stereocenters. The number of nitrogens with zero attached hydrogens (tertiary/aromatic N) is 1. The van der Waals surface area contributed by atoms with Gasteiger partial charge in [0.2, 0.25) is 0 Å². The summed E-state index contributed by atoms with van der Waals surface area (Å²) in [7, 11) is -3.39. The lowest BCUT2D eigenvalue weighted by atomic mass is 10.3. The summed E-state index contributed by atoms with van der Waals surface area (Å²) in [5.41, 5.74) is -0.395. The normalized spacial score (nSPS) is 12.6. The largest absolute Gasteiger partial charge is 0.506 e. The minimum atomic E-state index is -3.39. The molecule has 0 spiro atoms. The fraction of sp³-hybridized carbons (Fsp3) is 0.125. The van der Waals surface area contributed by atoms with Crippen LogP contribution in [0, 0.1) is 0 Å². The Kier molecular flexibility index (Phi) is 4.25. The predicted molar refractivity (Wildman–Crippen MR) is 92.8 cm³/mol. The molecule has 0 amide bonds. The van der Waals surface area contributed by atoms with E-state index >= 15 is 0 Å². The topological polar surface area (TPSA) is 97.5 Å². The van der Waals surface area contributed by atoms with Gasteiger partial charge >= 0.3 is 5.63 Å². The van der Waals surface area contributed by atoms with Gasteiger partial charge in [-0.05, 0) is 29.6 Å². The van der Waals surface area contributed by atoms with Gasteiger partial charge in [-0.3, -0.25) is 0 Å². The molecule has 0 atom stereocenters. The average molecular weight is 363 g/mol. The zero-order chi connectivity index (χ0) is 17.3. The summed E-state index contributed by atoms with van der Waals surface area (Å²) in [6, 6.07) is 7.60. The van der Waals surface area contributed by atoms with Gasteiger partial charge in [-0.25, -0.2) is 18.2 Å². The van der Waals surface area contributed by atoms with Crippen LogP contribution in [0.15, 0.2) is 49.8 Å². The van der Waals surface area contributed by atoms with Crippen LogP contribution < -0.4 is 5.63 Å². The summed E-state index contributed by atoms with van der Waals surface area (Å²) >= 11 is 1.31. The van der Waals surface area contributed by atoms with Crippen LogP contribution in [0.2, 0.25) is 0 Å². The van der Waals surface area contributed by atoms with Crippen LogP contribution in [0.5, 0.6) is 0 Å². The maximum atomic E-state index is 12.0. The van der Waals surface area contributed by atoms with Crippen molar-refractivity contribution in [3.63, 3.8) is 0 Å². The molecule has 0 radical (unpaired) electrons. The number of fused-ring (bicyclic) bond motifs is 1. The van der Waals surface area contributed by atoms with Gasteiger partial charge in [0.05, 0.1) is 15.5 Å². The van der Waals surface area contributed by atoms with E-state index in [0.29, 0.717) is 4.88 Å². The molecule has 0 saturated heterocycles. The molecule has 3 aromatic rings. The Labute approximate surface area is 141 Å². The van der Waals surface area contributed by atoms with Crippen molar-refractivity contribution in [1.29, 1.82) is 0 Å². The molecule has 0 aliphatic heterocycles. The first kappa shape index (κ1) is 16.4. The van der Waals surface area contributed by atoms with Gasteiger partial charge in [0.25, 0.3) is 0 Å². The van der Waals surface area contributed by atoms with Gasteiger partial charge < -0.3 is 9.52 Å². The molecule has 6 nitrogen and oxygen atoms in total. The second-order valence-electron chi connectivity index (χ2n) is 4.93. The molecule has 0 aliphatic carbocycles. The predicted octanol–water partition coefficient (Wildman–Crippen LogP) is 3.10. The smallest absolute Gasteiger partial charge is 0.362 e. The van der Waals surface area contributed by atoms with Crippen molar-refractivity contribution in [3.8, 4) is 0 Å². The first-order valence-electron chi connectivity index (χ1n) is 7.03. The maximum Gasteiger partial charge on any atom is 0.362 e. The Bertz CT molecular complexity index is 1080. The number of aliphatic hydroxyl groups is 1. The van der Waals surface area contributed by atoms with Crippen molar-refractivity contribution in [3.05, 3.63) is 56.7 Å². The van der Waals surface area contributed by atoms with E-state index in [4.69, 9.17) is 4.42 Å². The van der Waals surface area contributed by atoms with Crippen molar-refractivity contribution >= 4 is 44.1 Å². The Morgan fingerprint density at radius 3 is 2.83 bits per heavy atom. The quantitative estimate of drug-likeness (QED) is 0.715. The molecule has 2 aromatic heterocycles. The van der Waals surface area contributed by atoms with Gasteiger partial charge in [-0.15, -0.1) is 11.3 Å². The second-order valence-corrected chi connectivity index (χ2v) is 8.15. The molecule has 0 fully saturated rings. The van der Waals surface area contributed by atoms with Crippen LogP contribution in [0.3, 0.4) is 0 Å². The van der Waals surface area contributed by atoms with Crippen molar-refractivity contribution in [2.75, 3.05) is 5.75 Å². The Hall–Kier alpha value is -2.45. The third-order valence-corrected chi connectivity index (χ3v) is 5.99. The summed E-state index contributed by atoms with van der Waals surface area (Å²) in [4.78, 5) is 16.8. The number of benzene rings is 1. The first-order valence-corrected chi connectivity index (χ1v) is 9.56. The lowest BCUT2D eigenvalue weighted by molar-refractivity contribution is 0.516. The van der Waals surface area contributed by atoms with E-state index in [1.165, 1.54) is 35.6 Å². The number of rotatable bonds is 4. The van der Waals surface area contributed by atoms with Crippen LogP contribution >= 0.6 is 11.3 Å². The summed E-state index contributed by atoms with van der Waals surface area (Å²) in [5, 5.41) is 11.8. The summed E-state index contributed by atoms with van der Waals surface area (Å²) in [6.45, 7) is 1.55. The van der Waals surface area contributed by atoms with Crippen molar-refractivity contribution in [2.24, 2.45) is 0 Å². The fourth-order valence-electron chi connectivity index (χ4n) is 2.07. The standard InChI is InChI=1S/C16H13NO5S2/c1-2-24(20,21)10-5-6-14-11(8-10)17-12(16(19)22-14)9-13(18)15-4-3-7-23-15/h3-9,18H,2H2,1H3/b13-9-. The number of sulfone groups is 1. The number of thiophene rings is 1. The minimum absolute atomic E-state index is 0.0405. The summed E-state index contributed by atoms with van der Waals surface area (Å²) < 4.78 is 29.1. The number of aromatic nitrogens is 1. The number of hydrogen-bond donors (Lipinski definition) is 1. The molecular formula is C16H13NO5S2. The van der Waals surface area contributed by atoms with Gasteiger partial charge in [0.1, 0.15) is 11.3 Å². The molecule has 24 heavy (non-hydrogen) atoms. The molecule has 1 aromatic carbocycles. The van der Waals surface area contributed by atoms with E-state index < -0.39 is 15.5 Å². The average Bonchev–Trinajstić information content (AvgIpc) is 3.09. The van der Waals surface area contributed by atoms with Gasteiger partial charge in [-0.1, -0.05) is 13.0 Å². The third-order valence-electron chi connectivity index (χ3n) is 3.37. The Balaban J connectivity index is 2.14. The molecule has 124 valence electrons. The van der Waals surface area contributed by atoms with E-state index in [1.54, 1.807) is 24.4 Å². The van der Waals surface area contributed by atoms with Crippen molar-refractivity contribution in [1.82, 2.24) is 4.98 Å². The van der Waals surface area contributed by atoms with Gasteiger partial charge in [0, 0.05) is 6.08 Å². The molecular weight excluding hydrogens is 350 g/mol. The Morgan fingerprint density at radius 1 is 1.38 bits per heavy atom.